The molecule has 2 aromatic heterocycles. The maximum atomic E-state index is 15.3. The molecule has 4 aromatic rings. The van der Waals surface area contributed by atoms with Crippen molar-refractivity contribution in [1.29, 1.82) is 0 Å². The first kappa shape index (κ1) is 29.1. The third kappa shape index (κ3) is 6.65. The number of pyridine rings is 1. The maximum absolute atomic E-state index is 15.3. The Morgan fingerprint density at radius 2 is 1.86 bits per heavy atom. The fraction of sp³-hybridized carbons (Fsp3) is 0.312. The Bertz CT molecular complexity index is 1660. The summed E-state index contributed by atoms with van der Waals surface area (Å²) in [5, 5.41) is 10.7. The molecule has 1 amide bonds. The van der Waals surface area contributed by atoms with Crippen molar-refractivity contribution in [2.45, 2.75) is 31.3 Å². The zero-order chi connectivity index (χ0) is 30.5. The van der Waals surface area contributed by atoms with Gasteiger partial charge in [-0.2, -0.15) is 0 Å². The number of amides is 1. The Balaban J connectivity index is 1.17. The number of aromatic nitrogens is 3. The number of benzene rings is 2. The Morgan fingerprint density at radius 3 is 2.61 bits per heavy atom. The second-order valence-corrected chi connectivity index (χ2v) is 10.7. The van der Waals surface area contributed by atoms with Crippen molar-refractivity contribution in [3.05, 3.63) is 73.5 Å². The fourth-order valence-corrected chi connectivity index (χ4v) is 5.39. The first-order chi connectivity index (χ1) is 21.5. The van der Waals surface area contributed by atoms with Crippen LogP contribution in [0.1, 0.15) is 19.3 Å². The molecule has 228 valence electrons. The van der Waals surface area contributed by atoms with Crippen molar-refractivity contribution < 1.29 is 23.4 Å². The number of hydrogen-bond acceptors (Lipinski definition) is 10. The summed E-state index contributed by atoms with van der Waals surface area (Å²) in [5.74, 6) is 2.07. The van der Waals surface area contributed by atoms with Crippen molar-refractivity contribution in [3.8, 4) is 17.2 Å². The van der Waals surface area contributed by atoms with E-state index in [1.807, 2.05) is 12.1 Å². The highest BCUT2D eigenvalue weighted by Gasteiger charge is 2.23. The number of fused-ring (bicyclic) bond motifs is 1. The molecule has 4 heterocycles. The number of nitrogens with zero attached hydrogens (tertiary/aromatic N) is 4. The van der Waals surface area contributed by atoms with Crippen LogP contribution in [0.4, 0.5) is 27.4 Å². The van der Waals surface area contributed by atoms with Crippen LogP contribution in [0.5, 0.6) is 17.2 Å². The van der Waals surface area contributed by atoms with E-state index in [0.717, 1.165) is 31.6 Å². The molecule has 2 aromatic carbocycles. The van der Waals surface area contributed by atoms with Crippen LogP contribution in [0.2, 0.25) is 0 Å². The van der Waals surface area contributed by atoms with E-state index in [1.54, 1.807) is 42.5 Å². The van der Waals surface area contributed by atoms with Gasteiger partial charge in [0.25, 0.3) is 0 Å². The minimum atomic E-state index is -0.502. The summed E-state index contributed by atoms with van der Waals surface area (Å²) >= 11 is 0. The lowest BCUT2D eigenvalue weighted by atomic mass is 10.0. The van der Waals surface area contributed by atoms with Crippen molar-refractivity contribution in [1.82, 2.24) is 19.9 Å². The number of carbonyl (C=O) groups is 1. The van der Waals surface area contributed by atoms with E-state index in [9.17, 15) is 4.79 Å². The summed E-state index contributed by atoms with van der Waals surface area (Å²) in [6.45, 7) is 6.22. The van der Waals surface area contributed by atoms with Crippen molar-refractivity contribution in [2.75, 3.05) is 49.4 Å². The zero-order valence-corrected chi connectivity index (χ0v) is 24.4. The predicted octanol–water partition coefficient (Wildman–Crippen LogP) is 5.50. The number of piperidine rings is 1. The van der Waals surface area contributed by atoms with Gasteiger partial charge in [-0.15, -0.1) is 0 Å². The van der Waals surface area contributed by atoms with Gasteiger partial charge in [0.05, 0.1) is 36.6 Å². The van der Waals surface area contributed by atoms with Crippen LogP contribution in [-0.4, -0.2) is 71.3 Å². The Labute approximate surface area is 254 Å². The first-order valence-corrected chi connectivity index (χ1v) is 14.5. The number of methoxy groups -OCH3 is 1. The largest absolute Gasteiger partial charge is 0.495 e. The van der Waals surface area contributed by atoms with Gasteiger partial charge in [-0.1, -0.05) is 6.58 Å². The molecule has 2 aliphatic heterocycles. The molecule has 0 unspecified atom stereocenters. The predicted molar refractivity (Wildman–Crippen MR) is 166 cm³/mol. The normalized spacial score (nSPS) is 16.9. The number of hydrogen-bond donors (Lipinski definition) is 3. The van der Waals surface area contributed by atoms with E-state index in [4.69, 9.17) is 14.2 Å². The van der Waals surface area contributed by atoms with Gasteiger partial charge in [0.1, 0.15) is 41.0 Å². The molecule has 0 bridgehead atoms. The van der Waals surface area contributed by atoms with E-state index < -0.39 is 5.82 Å². The van der Waals surface area contributed by atoms with E-state index in [0.29, 0.717) is 59.5 Å². The van der Waals surface area contributed by atoms with E-state index >= 15 is 4.39 Å². The van der Waals surface area contributed by atoms with Crippen LogP contribution in [0.25, 0.3) is 10.9 Å². The standard InChI is InChI=1S/C32H34FN7O4/c1-3-31(41)40-11-7-20(8-12-40)37-28-16-24-27(17-29(28)42-2)35-19-36-32(24)39-26-5-4-22(14-25(26)33)44-23-6-10-34-30(15-23)38-21-9-13-43-18-21/h3-6,10,14-17,19-21,37H,1,7-9,11-13,18H2,2H3,(H,34,38)(H,35,36,39)/t21-/m1/s1. The van der Waals surface area contributed by atoms with Gasteiger partial charge in [0, 0.05) is 55.5 Å². The smallest absolute Gasteiger partial charge is 0.245 e. The van der Waals surface area contributed by atoms with Crippen LogP contribution in [0.15, 0.2) is 67.6 Å². The highest BCUT2D eigenvalue weighted by molar-refractivity contribution is 5.95. The Hall–Kier alpha value is -4.97. The van der Waals surface area contributed by atoms with Crippen LogP contribution in [0.3, 0.4) is 0 Å². The number of halogens is 1. The molecule has 11 nitrogen and oxygen atoms in total. The third-order valence-electron chi connectivity index (χ3n) is 7.74. The second-order valence-electron chi connectivity index (χ2n) is 10.7. The zero-order valence-electron chi connectivity index (χ0n) is 24.4. The van der Waals surface area contributed by atoms with Gasteiger partial charge in [-0.05, 0) is 49.6 Å². The molecule has 12 heteroatoms. The Morgan fingerprint density at radius 1 is 1.02 bits per heavy atom. The molecular weight excluding hydrogens is 565 g/mol. The molecular formula is C32H34FN7O4. The lowest BCUT2D eigenvalue weighted by Crippen LogP contribution is -2.41. The molecule has 0 spiro atoms. The molecule has 2 aliphatic rings. The molecule has 44 heavy (non-hydrogen) atoms. The number of likely N-dealkylation sites (tertiary alicyclic amines) is 1. The van der Waals surface area contributed by atoms with Crippen molar-refractivity contribution in [2.24, 2.45) is 0 Å². The van der Waals surface area contributed by atoms with Gasteiger partial charge in [0.15, 0.2) is 0 Å². The van der Waals surface area contributed by atoms with Crippen molar-refractivity contribution >= 4 is 39.8 Å². The van der Waals surface area contributed by atoms with Gasteiger partial charge < -0.3 is 35.1 Å². The summed E-state index contributed by atoms with van der Waals surface area (Å²) in [5.41, 5.74) is 1.64. The maximum Gasteiger partial charge on any atom is 0.245 e. The van der Waals surface area contributed by atoms with Crippen LogP contribution < -0.4 is 25.4 Å². The average molecular weight is 600 g/mol. The summed E-state index contributed by atoms with van der Waals surface area (Å²) in [4.78, 5) is 26.9. The van der Waals surface area contributed by atoms with Crippen LogP contribution >= 0.6 is 0 Å². The third-order valence-corrected chi connectivity index (χ3v) is 7.74. The molecule has 0 radical (unpaired) electrons. The van der Waals surface area contributed by atoms with Gasteiger partial charge >= 0.3 is 0 Å². The van der Waals surface area contributed by atoms with Crippen LogP contribution in [0, 0.1) is 5.82 Å². The lowest BCUT2D eigenvalue weighted by Gasteiger charge is -2.32. The van der Waals surface area contributed by atoms with E-state index in [2.05, 4.69) is 37.5 Å². The van der Waals surface area contributed by atoms with Crippen molar-refractivity contribution in [3.63, 3.8) is 0 Å². The molecule has 0 aliphatic carbocycles. The summed E-state index contributed by atoms with van der Waals surface area (Å²) in [7, 11) is 1.60. The summed E-state index contributed by atoms with van der Waals surface area (Å²) in [6, 6.07) is 12.2. The molecule has 1 atom stereocenters. The summed E-state index contributed by atoms with van der Waals surface area (Å²) < 4.78 is 32.3. The highest BCUT2D eigenvalue weighted by atomic mass is 19.1. The van der Waals surface area contributed by atoms with Gasteiger partial charge in [0.2, 0.25) is 5.91 Å². The molecule has 0 saturated carbocycles. The average Bonchev–Trinajstić information content (AvgIpc) is 3.55. The van der Waals surface area contributed by atoms with Gasteiger partial charge in [-0.3, -0.25) is 4.79 Å². The molecule has 2 fully saturated rings. The number of carbonyl (C=O) groups excluding carboxylic acids is 1. The molecule has 2 saturated heterocycles. The highest BCUT2D eigenvalue weighted by Crippen LogP contribution is 2.35. The molecule has 3 N–H and O–H groups in total. The Kier molecular flexibility index (Phi) is 8.69. The number of rotatable bonds is 10. The minimum Gasteiger partial charge on any atom is -0.495 e. The summed E-state index contributed by atoms with van der Waals surface area (Å²) in [6.07, 6.45) is 6.89. The number of ether oxygens (including phenoxy) is 3. The molecule has 6 rings (SSSR count). The quantitative estimate of drug-likeness (QED) is 0.202. The van der Waals surface area contributed by atoms with E-state index in [-0.39, 0.29) is 23.7 Å². The monoisotopic (exact) mass is 599 g/mol. The van der Waals surface area contributed by atoms with E-state index in [1.165, 1.54) is 18.5 Å². The number of nitrogens with one attached hydrogen (secondary N) is 3. The minimum absolute atomic E-state index is 0.0549. The first-order valence-electron chi connectivity index (χ1n) is 14.5. The SMILES string of the molecule is C=CC(=O)N1CCC(Nc2cc3c(Nc4ccc(Oc5ccnc(N[C@@H]6CCOC6)c5)cc4F)ncnc3cc2OC)CC1. The fourth-order valence-electron chi connectivity index (χ4n) is 5.39. The topological polar surface area (TPSA) is 123 Å². The van der Waals surface area contributed by atoms with Crippen LogP contribution in [-0.2, 0) is 9.53 Å². The van der Waals surface area contributed by atoms with Gasteiger partial charge in [-0.25, -0.2) is 19.3 Å². The second kappa shape index (κ2) is 13.1. The number of anilines is 4. The lowest BCUT2D eigenvalue weighted by molar-refractivity contribution is -0.126.